The Morgan fingerprint density at radius 3 is 2.65 bits per heavy atom. The molecule has 5 nitrogen and oxygen atoms in total. The number of benzene rings is 1. The molecular weight excluding hydrogens is 238 g/mol. The molecule has 1 aromatic heterocycles. The number of carboxylic acid groups (broad SMARTS) is 1. The smallest absolute Gasteiger partial charge is 0.335 e. The summed E-state index contributed by atoms with van der Waals surface area (Å²) >= 11 is 1.60. The highest BCUT2D eigenvalue weighted by atomic mass is 32.2. The third-order valence-electron chi connectivity index (χ3n) is 2.14. The highest BCUT2D eigenvalue weighted by molar-refractivity contribution is 7.98. The lowest BCUT2D eigenvalue weighted by atomic mass is 10.2. The summed E-state index contributed by atoms with van der Waals surface area (Å²) in [5.74, 6) is -0.184. The van der Waals surface area contributed by atoms with E-state index in [-0.39, 0.29) is 0 Å². The van der Waals surface area contributed by atoms with Gasteiger partial charge in [0, 0.05) is 23.9 Å². The van der Waals surface area contributed by atoms with Crippen LogP contribution < -0.4 is 0 Å². The first kappa shape index (κ1) is 11.7. The minimum atomic E-state index is -0.907. The Morgan fingerprint density at radius 2 is 2.12 bits per heavy atom. The molecule has 0 radical (unpaired) electrons. The van der Waals surface area contributed by atoms with E-state index in [1.165, 1.54) is 0 Å². The molecule has 1 heterocycles. The number of aryl methyl sites for hydroxylation is 1. The molecule has 6 heteroatoms. The van der Waals surface area contributed by atoms with Crippen LogP contribution in [0.3, 0.4) is 0 Å². The van der Waals surface area contributed by atoms with Crippen LogP contribution in [-0.2, 0) is 12.8 Å². The van der Waals surface area contributed by atoms with Crippen LogP contribution in [0.25, 0.3) is 0 Å². The predicted octanol–water partition coefficient (Wildman–Crippen LogP) is 1.81. The molecule has 2 aromatic rings. The standard InChI is InChI=1S/C11H11N3O2S/c1-14-6-9(12-13-14)7-17-10-4-2-8(3-5-10)11(15)16/h2-6H,7H2,1H3,(H,15,16). The summed E-state index contributed by atoms with van der Waals surface area (Å²) < 4.78 is 1.66. The average molecular weight is 249 g/mol. The van der Waals surface area contributed by atoms with Crippen LogP contribution in [0.1, 0.15) is 16.1 Å². The van der Waals surface area contributed by atoms with Crippen molar-refractivity contribution in [2.45, 2.75) is 10.6 Å². The molecule has 88 valence electrons. The van der Waals surface area contributed by atoms with Crippen LogP contribution in [-0.4, -0.2) is 26.1 Å². The number of hydrogen-bond acceptors (Lipinski definition) is 4. The van der Waals surface area contributed by atoms with Crippen molar-refractivity contribution in [3.8, 4) is 0 Å². The Kier molecular flexibility index (Phi) is 3.43. The molecule has 0 spiro atoms. The van der Waals surface area contributed by atoms with Crippen molar-refractivity contribution in [2.75, 3.05) is 0 Å². The molecule has 0 aliphatic heterocycles. The zero-order valence-corrected chi connectivity index (χ0v) is 10.0. The number of carboxylic acids is 1. The number of nitrogens with zero attached hydrogens (tertiary/aromatic N) is 3. The fraction of sp³-hybridized carbons (Fsp3) is 0.182. The van der Waals surface area contributed by atoms with Gasteiger partial charge in [-0.15, -0.1) is 16.9 Å². The molecule has 1 N–H and O–H groups in total. The van der Waals surface area contributed by atoms with E-state index in [0.717, 1.165) is 16.3 Å². The molecule has 0 amide bonds. The van der Waals surface area contributed by atoms with Crippen molar-refractivity contribution in [1.82, 2.24) is 15.0 Å². The van der Waals surface area contributed by atoms with Crippen molar-refractivity contribution < 1.29 is 9.90 Å². The fourth-order valence-corrected chi connectivity index (χ4v) is 2.09. The van der Waals surface area contributed by atoms with Gasteiger partial charge in [-0.1, -0.05) is 5.21 Å². The van der Waals surface area contributed by atoms with Crippen LogP contribution in [0.2, 0.25) is 0 Å². The maximum Gasteiger partial charge on any atom is 0.335 e. The van der Waals surface area contributed by atoms with Gasteiger partial charge in [-0.05, 0) is 24.3 Å². The van der Waals surface area contributed by atoms with Crippen LogP contribution in [0.15, 0.2) is 35.4 Å². The van der Waals surface area contributed by atoms with E-state index in [9.17, 15) is 4.79 Å². The summed E-state index contributed by atoms with van der Waals surface area (Å²) in [7, 11) is 1.82. The third-order valence-corrected chi connectivity index (χ3v) is 3.18. The Morgan fingerprint density at radius 1 is 1.41 bits per heavy atom. The second kappa shape index (κ2) is 5.01. The third kappa shape index (κ3) is 3.07. The first-order valence-corrected chi connectivity index (χ1v) is 5.95. The van der Waals surface area contributed by atoms with Crippen molar-refractivity contribution in [3.05, 3.63) is 41.7 Å². The van der Waals surface area contributed by atoms with E-state index in [2.05, 4.69) is 10.3 Å². The lowest BCUT2D eigenvalue weighted by Crippen LogP contribution is -1.94. The van der Waals surface area contributed by atoms with Crippen molar-refractivity contribution in [2.24, 2.45) is 7.05 Å². The summed E-state index contributed by atoms with van der Waals surface area (Å²) in [6.45, 7) is 0. The summed E-state index contributed by atoms with van der Waals surface area (Å²) in [4.78, 5) is 11.7. The molecule has 0 saturated carbocycles. The zero-order chi connectivity index (χ0) is 12.3. The molecular formula is C11H11N3O2S. The topological polar surface area (TPSA) is 68.0 Å². The summed E-state index contributed by atoms with van der Waals surface area (Å²) in [6, 6.07) is 6.79. The van der Waals surface area contributed by atoms with Crippen molar-refractivity contribution in [3.63, 3.8) is 0 Å². The quantitative estimate of drug-likeness (QED) is 0.837. The molecule has 0 unspecified atom stereocenters. The highest BCUT2D eigenvalue weighted by Gasteiger charge is 2.03. The van der Waals surface area contributed by atoms with E-state index in [0.29, 0.717) is 5.56 Å². The Balaban J connectivity index is 1.97. The van der Waals surface area contributed by atoms with Gasteiger partial charge in [0.15, 0.2) is 0 Å². The van der Waals surface area contributed by atoms with Gasteiger partial charge in [0.25, 0.3) is 0 Å². The minimum absolute atomic E-state index is 0.300. The van der Waals surface area contributed by atoms with Gasteiger partial charge in [-0.25, -0.2) is 4.79 Å². The lowest BCUT2D eigenvalue weighted by molar-refractivity contribution is 0.0697. The number of rotatable bonds is 4. The number of carbonyl (C=O) groups is 1. The van der Waals surface area contributed by atoms with Gasteiger partial charge < -0.3 is 5.11 Å². The summed E-state index contributed by atoms with van der Waals surface area (Å²) in [6.07, 6.45) is 1.86. The first-order valence-electron chi connectivity index (χ1n) is 4.96. The predicted molar refractivity (Wildman–Crippen MR) is 64.0 cm³/mol. The largest absolute Gasteiger partial charge is 0.478 e. The molecule has 1 aromatic carbocycles. The lowest BCUT2D eigenvalue weighted by Gasteiger charge is -1.99. The number of thioether (sulfide) groups is 1. The van der Waals surface area contributed by atoms with Crippen LogP contribution in [0.5, 0.6) is 0 Å². The Bertz CT molecular complexity index is 522. The van der Waals surface area contributed by atoms with Gasteiger partial charge in [0.1, 0.15) is 0 Å². The molecule has 0 saturated heterocycles. The summed E-state index contributed by atoms with van der Waals surface area (Å²) in [5, 5.41) is 16.6. The number of hydrogen-bond donors (Lipinski definition) is 1. The van der Waals surface area contributed by atoms with Crippen LogP contribution in [0.4, 0.5) is 0 Å². The highest BCUT2D eigenvalue weighted by Crippen LogP contribution is 2.21. The molecule has 0 aliphatic carbocycles. The maximum atomic E-state index is 10.7. The van der Waals surface area contributed by atoms with Gasteiger partial charge in [-0.3, -0.25) is 4.68 Å². The van der Waals surface area contributed by atoms with Gasteiger partial charge >= 0.3 is 5.97 Å². The van der Waals surface area contributed by atoms with Crippen molar-refractivity contribution >= 4 is 17.7 Å². The van der Waals surface area contributed by atoms with E-state index in [1.54, 1.807) is 40.7 Å². The maximum absolute atomic E-state index is 10.7. The molecule has 0 atom stereocenters. The van der Waals surface area contributed by atoms with Crippen LogP contribution >= 0.6 is 11.8 Å². The van der Waals surface area contributed by atoms with Gasteiger partial charge in [0.05, 0.1) is 11.3 Å². The normalized spacial score (nSPS) is 10.4. The molecule has 0 bridgehead atoms. The number of aromatic carboxylic acids is 1. The zero-order valence-electron chi connectivity index (χ0n) is 9.20. The second-order valence-corrected chi connectivity index (χ2v) is 4.55. The fourth-order valence-electron chi connectivity index (χ4n) is 1.31. The van der Waals surface area contributed by atoms with Gasteiger partial charge in [0.2, 0.25) is 0 Å². The average Bonchev–Trinajstić information content (AvgIpc) is 2.73. The van der Waals surface area contributed by atoms with Crippen LogP contribution in [0, 0.1) is 0 Å². The van der Waals surface area contributed by atoms with Crippen molar-refractivity contribution in [1.29, 1.82) is 0 Å². The monoisotopic (exact) mass is 249 g/mol. The first-order chi connectivity index (χ1) is 8.15. The van der Waals surface area contributed by atoms with Gasteiger partial charge in [-0.2, -0.15) is 0 Å². The molecule has 0 aliphatic rings. The van der Waals surface area contributed by atoms with E-state index < -0.39 is 5.97 Å². The molecule has 2 rings (SSSR count). The minimum Gasteiger partial charge on any atom is -0.478 e. The molecule has 0 fully saturated rings. The Labute approximate surface area is 102 Å². The Hall–Kier alpha value is -1.82. The van der Waals surface area contributed by atoms with E-state index in [4.69, 9.17) is 5.11 Å². The number of aromatic nitrogens is 3. The SMILES string of the molecule is Cn1cc(CSc2ccc(C(=O)O)cc2)nn1. The van der Waals surface area contributed by atoms with E-state index >= 15 is 0 Å². The summed E-state index contributed by atoms with van der Waals surface area (Å²) in [5.41, 5.74) is 1.20. The van der Waals surface area contributed by atoms with E-state index in [1.807, 2.05) is 13.2 Å². The second-order valence-electron chi connectivity index (χ2n) is 3.50. The molecule has 17 heavy (non-hydrogen) atoms.